The minimum Gasteiger partial charge on any atom is -0.355 e. The van der Waals surface area contributed by atoms with Gasteiger partial charge in [-0.05, 0) is 43.0 Å². The molecule has 1 aliphatic carbocycles. The molecule has 1 amide bonds. The van der Waals surface area contributed by atoms with E-state index in [0.717, 1.165) is 19.0 Å². The van der Waals surface area contributed by atoms with Crippen LogP contribution >= 0.6 is 0 Å². The van der Waals surface area contributed by atoms with Crippen molar-refractivity contribution in [2.75, 3.05) is 13.6 Å². The molecule has 1 aliphatic rings. The summed E-state index contributed by atoms with van der Waals surface area (Å²) in [5.74, 6) is 0.877. The topological polar surface area (TPSA) is 41.1 Å². The maximum Gasteiger partial charge on any atom is 0.251 e. The van der Waals surface area contributed by atoms with Crippen LogP contribution in [0.2, 0.25) is 0 Å². The number of carbonyl (C=O) groups excluding carboxylic acids is 1. The molecule has 1 fully saturated rings. The first kappa shape index (κ1) is 11.1. The van der Waals surface area contributed by atoms with E-state index in [0.29, 0.717) is 5.56 Å². The Hall–Kier alpha value is -1.35. The third kappa shape index (κ3) is 3.07. The van der Waals surface area contributed by atoms with Gasteiger partial charge in [0, 0.05) is 19.2 Å². The highest BCUT2D eigenvalue weighted by Gasteiger charge is 2.19. The second-order valence-corrected chi connectivity index (χ2v) is 4.35. The van der Waals surface area contributed by atoms with Gasteiger partial charge < -0.3 is 10.6 Å². The third-order valence-electron chi connectivity index (χ3n) is 2.90. The standard InChI is InChI=1S/C13H18N2O/c1-14-13(16)12-6-4-11(5-7-12)9-15-8-10-2-3-10/h4-7,10,15H,2-3,8-9H2,1H3,(H,14,16). The molecule has 3 heteroatoms. The van der Waals surface area contributed by atoms with Crippen molar-refractivity contribution in [1.29, 1.82) is 0 Å². The van der Waals surface area contributed by atoms with Gasteiger partial charge in [0.05, 0.1) is 0 Å². The fourth-order valence-corrected chi connectivity index (χ4v) is 1.66. The van der Waals surface area contributed by atoms with Crippen molar-refractivity contribution in [3.05, 3.63) is 35.4 Å². The lowest BCUT2D eigenvalue weighted by atomic mass is 10.1. The molecule has 0 atom stereocenters. The SMILES string of the molecule is CNC(=O)c1ccc(CNCC2CC2)cc1. The number of hydrogen-bond donors (Lipinski definition) is 2. The van der Waals surface area contributed by atoms with E-state index in [4.69, 9.17) is 0 Å². The molecular formula is C13H18N2O. The van der Waals surface area contributed by atoms with Gasteiger partial charge in [-0.2, -0.15) is 0 Å². The summed E-state index contributed by atoms with van der Waals surface area (Å²) in [6.45, 7) is 2.02. The van der Waals surface area contributed by atoms with Gasteiger partial charge in [-0.1, -0.05) is 12.1 Å². The smallest absolute Gasteiger partial charge is 0.251 e. The Balaban J connectivity index is 1.83. The minimum atomic E-state index is -0.0301. The summed E-state index contributed by atoms with van der Waals surface area (Å²) in [5, 5.41) is 6.04. The molecule has 2 rings (SSSR count). The normalized spacial score (nSPS) is 14.8. The van der Waals surface area contributed by atoms with Gasteiger partial charge >= 0.3 is 0 Å². The van der Waals surface area contributed by atoms with E-state index in [1.165, 1.54) is 18.4 Å². The molecule has 0 radical (unpaired) electrons. The largest absolute Gasteiger partial charge is 0.355 e. The molecule has 0 aromatic heterocycles. The number of amides is 1. The van der Waals surface area contributed by atoms with Crippen LogP contribution in [0.4, 0.5) is 0 Å². The Kier molecular flexibility index (Phi) is 3.57. The summed E-state index contributed by atoms with van der Waals surface area (Å²) >= 11 is 0. The average molecular weight is 218 g/mol. The molecule has 86 valence electrons. The van der Waals surface area contributed by atoms with Gasteiger partial charge in [-0.3, -0.25) is 4.79 Å². The van der Waals surface area contributed by atoms with Crippen LogP contribution in [0.1, 0.15) is 28.8 Å². The van der Waals surface area contributed by atoms with Crippen LogP contribution in [0.15, 0.2) is 24.3 Å². The van der Waals surface area contributed by atoms with E-state index in [2.05, 4.69) is 10.6 Å². The first-order valence-corrected chi connectivity index (χ1v) is 5.81. The first-order valence-electron chi connectivity index (χ1n) is 5.81. The molecule has 1 aromatic rings. The Morgan fingerprint density at radius 1 is 1.31 bits per heavy atom. The molecular weight excluding hydrogens is 200 g/mol. The maximum absolute atomic E-state index is 11.3. The molecule has 0 spiro atoms. The van der Waals surface area contributed by atoms with Gasteiger partial charge in [-0.15, -0.1) is 0 Å². The lowest BCUT2D eigenvalue weighted by molar-refractivity contribution is 0.0963. The summed E-state index contributed by atoms with van der Waals surface area (Å²) in [5.41, 5.74) is 1.95. The lowest BCUT2D eigenvalue weighted by Crippen LogP contribution is -2.18. The van der Waals surface area contributed by atoms with Crippen molar-refractivity contribution in [1.82, 2.24) is 10.6 Å². The molecule has 1 saturated carbocycles. The lowest BCUT2D eigenvalue weighted by Gasteiger charge is -2.05. The number of carbonyl (C=O) groups is 1. The Labute approximate surface area is 96.2 Å². The zero-order valence-corrected chi connectivity index (χ0v) is 9.62. The van der Waals surface area contributed by atoms with Crippen LogP contribution in [-0.2, 0) is 6.54 Å². The minimum absolute atomic E-state index is 0.0301. The van der Waals surface area contributed by atoms with E-state index in [1.54, 1.807) is 7.05 Å². The van der Waals surface area contributed by atoms with Crippen molar-refractivity contribution in [2.24, 2.45) is 5.92 Å². The van der Waals surface area contributed by atoms with Crippen molar-refractivity contribution < 1.29 is 4.79 Å². The van der Waals surface area contributed by atoms with Gasteiger partial charge in [0.2, 0.25) is 0 Å². The van der Waals surface area contributed by atoms with Crippen molar-refractivity contribution >= 4 is 5.91 Å². The molecule has 0 heterocycles. The molecule has 0 aliphatic heterocycles. The second kappa shape index (κ2) is 5.12. The van der Waals surface area contributed by atoms with Crippen LogP contribution in [0.3, 0.4) is 0 Å². The van der Waals surface area contributed by atoms with Crippen LogP contribution in [0.5, 0.6) is 0 Å². The van der Waals surface area contributed by atoms with Crippen LogP contribution < -0.4 is 10.6 Å². The average Bonchev–Trinajstić information content (AvgIpc) is 3.13. The summed E-state index contributed by atoms with van der Waals surface area (Å²) < 4.78 is 0. The zero-order valence-electron chi connectivity index (χ0n) is 9.62. The predicted molar refractivity (Wildman–Crippen MR) is 64.3 cm³/mol. The monoisotopic (exact) mass is 218 g/mol. The Bertz CT molecular complexity index is 355. The molecule has 2 N–H and O–H groups in total. The van der Waals surface area contributed by atoms with E-state index in [-0.39, 0.29) is 5.91 Å². The quantitative estimate of drug-likeness (QED) is 0.787. The molecule has 0 unspecified atom stereocenters. The zero-order chi connectivity index (χ0) is 11.4. The summed E-state index contributed by atoms with van der Waals surface area (Å²) in [7, 11) is 1.65. The van der Waals surface area contributed by atoms with Crippen molar-refractivity contribution in [3.63, 3.8) is 0 Å². The van der Waals surface area contributed by atoms with Crippen LogP contribution in [0.25, 0.3) is 0 Å². The Morgan fingerprint density at radius 3 is 2.56 bits per heavy atom. The van der Waals surface area contributed by atoms with E-state index >= 15 is 0 Å². The Morgan fingerprint density at radius 2 is 2.00 bits per heavy atom. The summed E-state index contributed by atoms with van der Waals surface area (Å²) in [6, 6.07) is 7.74. The van der Waals surface area contributed by atoms with Crippen molar-refractivity contribution in [3.8, 4) is 0 Å². The van der Waals surface area contributed by atoms with E-state index in [9.17, 15) is 4.79 Å². The van der Waals surface area contributed by atoms with Crippen molar-refractivity contribution in [2.45, 2.75) is 19.4 Å². The maximum atomic E-state index is 11.3. The molecule has 0 bridgehead atoms. The van der Waals surface area contributed by atoms with Crippen LogP contribution in [0, 0.1) is 5.92 Å². The number of benzene rings is 1. The number of rotatable bonds is 5. The fourth-order valence-electron chi connectivity index (χ4n) is 1.66. The first-order chi connectivity index (χ1) is 7.79. The number of nitrogens with one attached hydrogen (secondary N) is 2. The van der Waals surface area contributed by atoms with Gasteiger partial charge in [0.15, 0.2) is 0 Å². The van der Waals surface area contributed by atoms with Crippen LogP contribution in [-0.4, -0.2) is 19.5 Å². The number of hydrogen-bond acceptors (Lipinski definition) is 2. The highest BCUT2D eigenvalue weighted by atomic mass is 16.1. The summed E-state index contributed by atoms with van der Waals surface area (Å²) in [6.07, 6.45) is 2.76. The van der Waals surface area contributed by atoms with Gasteiger partial charge in [-0.25, -0.2) is 0 Å². The molecule has 16 heavy (non-hydrogen) atoms. The van der Waals surface area contributed by atoms with E-state index in [1.807, 2.05) is 24.3 Å². The van der Waals surface area contributed by atoms with Gasteiger partial charge in [0.25, 0.3) is 5.91 Å². The molecule has 0 saturated heterocycles. The highest BCUT2D eigenvalue weighted by molar-refractivity contribution is 5.93. The molecule has 1 aromatic carbocycles. The molecule has 3 nitrogen and oxygen atoms in total. The third-order valence-corrected chi connectivity index (χ3v) is 2.90. The fraction of sp³-hybridized carbons (Fsp3) is 0.462. The predicted octanol–water partition coefficient (Wildman–Crippen LogP) is 1.55. The highest BCUT2D eigenvalue weighted by Crippen LogP contribution is 2.27. The summed E-state index contributed by atoms with van der Waals surface area (Å²) in [4.78, 5) is 11.3. The van der Waals surface area contributed by atoms with Gasteiger partial charge in [0.1, 0.15) is 0 Å². The van der Waals surface area contributed by atoms with E-state index < -0.39 is 0 Å². The second-order valence-electron chi connectivity index (χ2n) is 4.35.